The minimum Gasteiger partial charge on any atom is -0.356 e. The average Bonchev–Trinajstić information content (AvgIpc) is 3.18. The standard InChI is InChI=1S/C31H45FO4/c1-5-33-20-35-25-13-16-29(3)23(19-25)9-12-28-27(29)14-17-30(4)26(22-7-10-24(32)11-8-22)15-18-31(28,30)36-21-34-6-2/h7-8,10-11,15,23,25,27-28H,5-6,9,12-14,16-21H2,1-4H3/t23-,25+,27+,28-,29+,30-,31?/m1/s1. The van der Waals surface area contributed by atoms with E-state index in [1.807, 2.05) is 26.0 Å². The number of hydrogen-bond donors (Lipinski definition) is 0. The Bertz CT molecular complexity index is 931. The van der Waals surface area contributed by atoms with E-state index in [9.17, 15) is 4.39 Å². The molecular formula is C31H45FO4. The average molecular weight is 501 g/mol. The van der Waals surface area contributed by atoms with Crippen LogP contribution in [0, 0.1) is 34.4 Å². The molecule has 7 atom stereocenters. The van der Waals surface area contributed by atoms with Crippen LogP contribution in [-0.4, -0.2) is 38.5 Å². The van der Waals surface area contributed by atoms with Crippen LogP contribution >= 0.6 is 0 Å². The Kier molecular flexibility index (Phi) is 7.67. The highest BCUT2D eigenvalue weighted by Crippen LogP contribution is 2.70. The summed E-state index contributed by atoms with van der Waals surface area (Å²) in [5, 5.41) is 0. The van der Waals surface area contributed by atoms with Gasteiger partial charge < -0.3 is 18.9 Å². The number of rotatable bonds is 9. The molecule has 3 saturated carbocycles. The van der Waals surface area contributed by atoms with Gasteiger partial charge in [0.25, 0.3) is 0 Å². The number of fused-ring (bicyclic) bond motifs is 5. The van der Waals surface area contributed by atoms with Gasteiger partial charge in [-0.05, 0) is 112 Å². The summed E-state index contributed by atoms with van der Waals surface area (Å²) < 4.78 is 38.0. The summed E-state index contributed by atoms with van der Waals surface area (Å²) in [6, 6.07) is 7.06. The Morgan fingerprint density at radius 2 is 1.64 bits per heavy atom. The Hall–Kier alpha value is -1.27. The molecule has 0 aromatic heterocycles. The smallest absolute Gasteiger partial charge is 0.147 e. The maximum Gasteiger partial charge on any atom is 0.147 e. The first kappa shape index (κ1) is 26.3. The van der Waals surface area contributed by atoms with Gasteiger partial charge in [0.05, 0.1) is 11.7 Å². The summed E-state index contributed by atoms with van der Waals surface area (Å²) in [6.45, 7) is 11.1. The first-order valence-corrected chi connectivity index (χ1v) is 14.3. The van der Waals surface area contributed by atoms with Crippen LogP contribution in [0.4, 0.5) is 4.39 Å². The highest BCUT2D eigenvalue weighted by atomic mass is 19.1. The molecule has 1 aromatic carbocycles. The molecular weight excluding hydrogens is 455 g/mol. The fraction of sp³-hybridized carbons (Fsp3) is 0.742. The van der Waals surface area contributed by atoms with Crippen LogP contribution in [0.1, 0.15) is 84.6 Å². The first-order valence-electron chi connectivity index (χ1n) is 14.3. The topological polar surface area (TPSA) is 36.9 Å². The zero-order chi connectivity index (χ0) is 25.4. The first-order chi connectivity index (χ1) is 17.4. The van der Waals surface area contributed by atoms with E-state index in [0.717, 1.165) is 31.2 Å². The maximum atomic E-state index is 13.7. The van der Waals surface area contributed by atoms with Crippen LogP contribution in [-0.2, 0) is 18.9 Å². The van der Waals surface area contributed by atoms with Gasteiger partial charge in [0.1, 0.15) is 19.4 Å². The van der Waals surface area contributed by atoms with Gasteiger partial charge in [0.15, 0.2) is 0 Å². The lowest BCUT2D eigenvalue weighted by molar-refractivity contribution is -0.250. The van der Waals surface area contributed by atoms with Crippen molar-refractivity contribution < 1.29 is 23.3 Å². The van der Waals surface area contributed by atoms with Gasteiger partial charge in [-0.15, -0.1) is 0 Å². The molecule has 1 unspecified atom stereocenters. The second-order valence-corrected chi connectivity index (χ2v) is 12.0. The van der Waals surface area contributed by atoms with Crippen molar-refractivity contribution in [1.29, 1.82) is 0 Å². The molecule has 0 amide bonds. The third-order valence-electron chi connectivity index (χ3n) is 10.7. The summed E-state index contributed by atoms with van der Waals surface area (Å²) in [4.78, 5) is 0. The van der Waals surface area contributed by atoms with Crippen LogP contribution in [0.2, 0.25) is 0 Å². The van der Waals surface area contributed by atoms with E-state index in [0.29, 0.717) is 56.1 Å². The third-order valence-corrected chi connectivity index (χ3v) is 10.7. The lowest BCUT2D eigenvalue weighted by Crippen LogP contribution is -2.63. The highest BCUT2D eigenvalue weighted by Gasteiger charge is 2.66. The molecule has 200 valence electrons. The SMILES string of the molecule is CCOCO[C@H]1CC[C@@]2(C)[C@H](CC[C@@H]3[C@@H]2CC[C@]2(C)C(c4ccc(F)cc4)=CCC32OCOCC)C1. The van der Waals surface area contributed by atoms with Crippen LogP contribution in [0.5, 0.6) is 0 Å². The van der Waals surface area contributed by atoms with Crippen LogP contribution in [0.25, 0.3) is 5.57 Å². The van der Waals surface area contributed by atoms with Crippen molar-refractivity contribution in [3.63, 3.8) is 0 Å². The van der Waals surface area contributed by atoms with Gasteiger partial charge in [0, 0.05) is 18.6 Å². The molecule has 36 heavy (non-hydrogen) atoms. The Labute approximate surface area is 216 Å². The number of benzene rings is 1. The minimum absolute atomic E-state index is 0.107. The van der Waals surface area contributed by atoms with Crippen LogP contribution in [0.3, 0.4) is 0 Å². The fourth-order valence-corrected chi connectivity index (χ4v) is 8.73. The number of hydrogen-bond acceptors (Lipinski definition) is 4. The van der Waals surface area contributed by atoms with Crippen molar-refractivity contribution >= 4 is 5.57 Å². The Balaban J connectivity index is 1.42. The fourth-order valence-electron chi connectivity index (χ4n) is 8.73. The molecule has 5 heteroatoms. The summed E-state index contributed by atoms with van der Waals surface area (Å²) >= 11 is 0. The Morgan fingerprint density at radius 3 is 2.39 bits per heavy atom. The molecule has 0 radical (unpaired) electrons. The molecule has 0 aliphatic heterocycles. The molecule has 0 N–H and O–H groups in total. The predicted molar refractivity (Wildman–Crippen MR) is 140 cm³/mol. The normalized spacial score (nSPS) is 39.8. The summed E-state index contributed by atoms with van der Waals surface area (Å²) in [6.07, 6.45) is 11.8. The third kappa shape index (κ3) is 4.28. The minimum atomic E-state index is -0.273. The number of halogens is 1. The maximum absolute atomic E-state index is 13.7. The monoisotopic (exact) mass is 500 g/mol. The second kappa shape index (κ2) is 10.5. The highest BCUT2D eigenvalue weighted by molar-refractivity contribution is 5.74. The largest absolute Gasteiger partial charge is 0.356 e. The van der Waals surface area contributed by atoms with E-state index < -0.39 is 0 Å². The van der Waals surface area contributed by atoms with Gasteiger partial charge in [-0.25, -0.2) is 4.39 Å². The van der Waals surface area contributed by atoms with Crippen molar-refractivity contribution in [2.75, 3.05) is 26.8 Å². The van der Waals surface area contributed by atoms with Crippen molar-refractivity contribution in [1.82, 2.24) is 0 Å². The van der Waals surface area contributed by atoms with Gasteiger partial charge in [-0.2, -0.15) is 0 Å². The number of ether oxygens (including phenoxy) is 4. The van der Waals surface area contributed by atoms with E-state index in [-0.39, 0.29) is 16.8 Å². The zero-order valence-corrected chi connectivity index (χ0v) is 22.7. The van der Waals surface area contributed by atoms with Gasteiger partial charge in [0.2, 0.25) is 0 Å². The Morgan fingerprint density at radius 1 is 0.889 bits per heavy atom. The summed E-state index contributed by atoms with van der Waals surface area (Å²) in [5.41, 5.74) is 2.40. The van der Waals surface area contributed by atoms with E-state index in [4.69, 9.17) is 18.9 Å². The van der Waals surface area contributed by atoms with Crippen molar-refractivity contribution in [2.24, 2.45) is 28.6 Å². The van der Waals surface area contributed by atoms with E-state index in [2.05, 4.69) is 19.9 Å². The lowest BCUT2D eigenvalue weighted by atomic mass is 9.43. The molecule has 4 aliphatic rings. The molecule has 0 heterocycles. The molecule has 5 rings (SSSR count). The van der Waals surface area contributed by atoms with Crippen molar-refractivity contribution in [2.45, 2.75) is 90.8 Å². The molecule has 4 nitrogen and oxygen atoms in total. The van der Waals surface area contributed by atoms with Gasteiger partial charge in [-0.3, -0.25) is 0 Å². The zero-order valence-electron chi connectivity index (χ0n) is 22.7. The molecule has 4 aliphatic carbocycles. The van der Waals surface area contributed by atoms with E-state index in [1.165, 1.54) is 31.3 Å². The van der Waals surface area contributed by atoms with Crippen LogP contribution < -0.4 is 0 Å². The predicted octanol–water partition coefficient (Wildman–Crippen LogP) is 7.37. The molecule has 0 saturated heterocycles. The molecule has 1 aromatic rings. The van der Waals surface area contributed by atoms with E-state index in [1.54, 1.807) is 12.1 Å². The summed E-state index contributed by atoms with van der Waals surface area (Å²) in [7, 11) is 0. The quantitative estimate of drug-likeness (QED) is 0.262. The van der Waals surface area contributed by atoms with E-state index >= 15 is 0 Å². The van der Waals surface area contributed by atoms with Gasteiger partial charge >= 0.3 is 0 Å². The molecule has 0 bridgehead atoms. The lowest BCUT2D eigenvalue weighted by Gasteiger charge is -2.64. The summed E-state index contributed by atoms with van der Waals surface area (Å²) in [5.74, 6) is 1.64. The van der Waals surface area contributed by atoms with Crippen LogP contribution in [0.15, 0.2) is 30.3 Å². The second-order valence-electron chi connectivity index (χ2n) is 12.0. The van der Waals surface area contributed by atoms with Crippen molar-refractivity contribution in [3.05, 3.63) is 41.7 Å². The van der Waals surface area contributed by atoms with Gasteiger partial charge in [-0.1, -0.05) is 32.1 Å². The van der Waals surface area contributed by atoms with Crippen molar-refractivity contribution in [3.8, 4) is 0 Å². The molecule has 3 fully saturated rings. The molecule has 0 spiro atoms.